The van der Waals surface area contributed by atoms with Gasteiger partial charge in [0, 0.05) is 5.88 Å². The topological polar surface area (TPSA) is 61.1 Å². The van der Waals surface area contributed by atoms with Gasteiger partial charge in [-0.1, -0.05) is 0 Å². The predicted octanol–water partition coefficient (Wildman–Crippen LogP) is 3.01. The number of alkyl halides is 4. The Labute approximate surface area is 99.0 Å². The highest BCUT2D eigenvalue weighted by Gasteiger charge is 2.36. The molecule has 1 N–H and O–H groups in total. The fourth-order valence-electron chi connectivity index (χ4n) is 1.27. The number of nitriles is 1. The fraction of sp³-hybridized carbons (Fsp3) is 0.200. The SMILES string of the molecule is N#Cc1cc(C(F)(F)F)c(C(=O)O)cc1CCl. The van der Waals surface area contributed by atoms with Crippen molar-refractivity contribution < 1.29 is 23.1 Å². The Bertz CT molecular complexity index is 505. The maximum absolute atomic E-state index is 12.6. The summed E-state index contributed by atoms with van der Waals surface area (Å²) in [5, 5.41) is 17.3. The lowest BCUT2D eigenvalue weighted by Crippen LogP contribution is -2.14. The molecule has 0 aliphatic carbocycles. The van der Waals surface area contributed by atoms with E-state index in [0.29, 0.717) is 6.07 Å². The van der Waals surface area contributed by atoms with Gasteiger partial charge in [-0.15, -0.1) is 11.6 Å². The van der Waals surface area contributed by atoms with E-state index in [0.717, 1.165) is 6.07 Å². The number of carboxylic acids is 1. The number of carbonyl (C=O) groups is 1. The first kappa shape index (κ1) is 13.3. The first-order valence-corrected chi connectivity index (χ1v) is 4.78. The van der Waals surface area contributed by atoms with Crippen LogP contribution in [0.3, 0.4) is 0 Å². The molecule has 0 heterocycles. The molecule has 17 heavy (non-hydrogen) atoms. The average molecular weight is 264 g/mol. The zero-order chi connectivity index (χ0) is 13.2. The van der Waals surface area contributed by atoms with Gasteiger partial charge in [-0.05, 0) is 17.7 Å². The Morgan fingerprint density at radius 2 is 2.06 bits per heavy atom. The summed E-state index contributed by atoms with van der Waals surface area (Å²) in [4.78, 5) is 10.7. The quantitative estimate of drug-likeness (QED) is 0.834. The molecule has 0 saturated carbocycles. The van der Waals surface area contributed by atoms with E-state index in [9.17, 15) is 18.0 Å². The minimum Gasteiger partial charge on any atom is -0.478 e. The van der Waals surface area contributed by atoms with Crippen LogP contribution in [0.15, 0.2) is 12.1 Å². The second kappa shape index (κ2) is 4.63. The third-order valence-electron chi connectivity index (χ3n) is 2.04. The number of carboxylic acid groups (broad SMARTS) is 1. The van der Waals surface area contributed by atoms with E-state index in [-0.39, 0.29) is 17.0 Å². The van der Waals surface area contributed by atoms with Crippen molar-refractivity contribution in [2.45, 2.75) is 12.1 Å². The zero-order valence-corrected chi connectivity index (χ0v) is 8.93. The number of rotatable bonds is 2. The molecule has 0 saturated heterocycles. The van der Waals surface area contributed by atoms with Crippen molar-refractivity contribution >= 4 is 17.6 Å². The summed E-state index contributed by atoms with van der Waals surface area (Å²) < 4.78 is 37.7. The molecule has 0 spiro atoms. The van der Waals surface area contributed by atoms with Crippen LogP contribution in [0.4, 0.5) is 13.2 Å². The number of nitrogens with zero attached hydrogens (tertiary/aromatic N) is 1. The second-order valence-electron chi connectivity index (χ2n) is 3.10. The van der Waals surface area contributed by atoms with E-state index in [4.69, 9.17) is 22.0 Å². The number of aromatic carboxylic acids is 1. The van der Waals surface area contributed by atoms with E-state index in [1.165, 1.54) is 0 Å². The second-order valence-corrected chi connectivity index (χ2v) is 3.37. The number of halogens is 4. The molecule has 0 bridgehead atoms. The summed E-state index contributed by atoms with van der Waals surface area (Å²) in [5.74, 6) is -1.95. The molecule has 0 aromatic heterocycles. The van der Waals surface area contributed by atoms with E-state index in [1.807, 2.05) is 0 Å². The van der Waals surface area contributed by atoms with Gasteiger partial charge in [0.1, 0.15) is 0 Å². The Kier molecular flexibility index (Phi) is 3.63. The molecule has 0 radical (unpaired) electrons. The van der Waals surface area contributed by atoms with Crippen LogP contribution in [-0.4, -0.2) is 11.1 Å². The van der Waals surface area contributed by atoms with Gasteiger partial charge in [-0.2, -0.15) is 18.4 Å². The van der Waals surface area contributed by atoms with Crippen molar-refractivity contribution in [1.82, 2.24) is 0 Å². The molecular weight excluding hydrogens is 259 g/mol. The van der Waals surface area contributed by atoms with Crippen molar-refractivity contribution in [2.24, 2.45) is 0 Å². The molecular formula is C10H5ClF3NO2. The van der Waals surface area contributed by atoms with Crippen LogP contribution in [0, 0.1) is 11.3 Å². The van der Waals surface area contributed by atoms with Gasteiger partial charge in [-0.3, -0.25) is 0 Å². The summed E-state index contributed by atoms with van der Waals surface area (Å²) >= 11 is 5.43. The van der Waals surface area contributed by atoms with Crippen LogP contribution < -0.4 is 0 Å². The molecule has 0 aliphatic rings. The largest absolute Gasteiger partial charge is 0.478 e. The summed E-state index contributed by atoms with van der Waals surface area (Å²) in [6, 6.07) is 2.82. The lowest BCUT2D eigenvalue weighted by atomic mass is 9.99. The Morgan fingerprint density at radius 3 is 2.41 bits per heavy atom. The van der Waals surface area contributed by atoms with Crippen molar-refractivity contribution in [3.05, 3.63) is 34.4 Å². The summed E-state index contributed by atoms with van der Waals surface area (Å²) in [5.41, 5.74) is -2.49. The molecule has 7 heteroatoms. The molecule has 0 atom stereocenters. The maximum Gasteiger partial charge on any atom is 0.417 e. The van der Waals surface area contributed by atoms with Crippen molar-refractivity contribution in [3.8, 4) is 6.07 Å². The third kappa shape index (κ3) is 2.68. The molecule has 0 unspecified atom stereocenters. The van der Waals surface area contributed by atoms with Gasteiger partial charge in [-0.25, -0.2) is 4.79 Å². The fourth-order valence-corrected chi connectivity index (χ4v) is 1.49. The van der Waals surface area contributed by atoms with E-state index >= 15 is 0 Å². The average Bonchev–Trinajstić information content (AvgIpc) is 2.25. The minimum absolute atomic E-state index is 0.0552. The summed E-state index contributed by atoms with van der Waals surface area (Å²) in [6.07, 6.45) is -4.83. The smallest absolute Gasteiger partial charge is 0.417 e. The summed E-state index contributed by atoms with van der Waals surface area (Å²) in [7, 11) is 0. The van der Waals surface area contributed by atoms with Gasteiger partial charge in [0.2, 0.25) is 0 Å². The van der Waals surface area contributed by atoms with E-state index in [1.54, 1.807) is 6.07 Å². The van der Waals surface area contributed by atoms with Gasteiger partial charge < -0.3 is 5.11 Å². The Balaban J connectivity index is 3.59. The maximum atomic E-state index is 12.6. The Hall–Kier alpha value is -1.74. The van der Waals surface area contributed by atoms with Gasteiger partial charge >= 0.3 is 12.1 Å². The third-order valence-corrected chi connectivity index (χ3v) is 2.33. The molecule has 0 aliphatic heterocycles. The zero-order valence-electron chi connectivity index (χ0n) is 8.18. The Morgan fingerprint density at radius 1 is 1.47 bits per heavy atom. The number of benzene rings is 1. The molecule has 1 rings (SSSR count). The molecule has 0 amide bonds. The van der Waals surface area contributed by atoms with Crippen molar-refractivity contribution in [3.63, 3.8) is 0 Å². The van der Waals surface area contributed by atoms with Gasteiger partial charge in [0.05, 0.1) is 22.8 Å². The predicted molar refractivity (Wildman–Crippen MR) is 52.7 cm³/mol. The number of hydrogen-bond donors (Lipinski definition) is 1. The van der Waals surface area contributed by atoms with Crippen LogP contribution in [0.2, 0.25) is 0 Å². The highest BCUT2D eigenvalue weighted by atomic mass is 35.5. The number of hydrogen-bond acceptors (Lipinski definition) is 2. The highest BCUT2D eigenvalue weighted by Crippen LogP contribution is 2.34. The molecule has 0 fully saturated rings. The normalized spacial score (nSPS) is 11.0. The van der Waals surface area contributed by atoms with Crippen LogP contribution in [0.5, 0.6) is 0 Å². The van der Waals surface area contributed by atoms with Crippen molar-refractivity contribution in [1.29, 1.82) is 5.26 Å². The lowest BCUT2D eigenvalue weighted by molar-refractivity contribution is -0.138. The van der Waals surface area contributed by atoms with Gasteiger partial charge in [0.15, 0.2) is 0 Å². The van der Waals surface area contributed by atoms with Crippen LogP contribution in [0.1, 0.15) is 27.0 Å². The highest BCUT2D eigenvalue weighted by molar-refractivity contribution is 6.17. The van der Waals surface area contributed by atoms with E-state index in [2.05, 4.69) is 0 Å². The van der Waals surface area contributed by atoms with Crippen molar-refractivity contribution in [2.75, 3.05) is 0 Å². The van der Waals surface area contributed by atoms with Crippen LogP contribution >= 0.6 is 11.6 Å². The standard InChI is InChI=1S/C10H5ClF3NO2/c11-3-5-1-7(9(16)17)8(10(12,13)14)2-6(5)4-15/h1-2H,3H2,(H,16,17). The molecule has 1 aromatic rings. The van der Waals surface area contributed by atoms with Gasteiger partial charge in [0.25, 0.3) is 0 Å². The lowest BCUT2D eigenvalue weighted by Gasteiger charge is -2.12. The first-order chi connectivity index (χ1) is 7.81. The monoisotopic (exact) mass is 263 g/mol. The molecule has 3 nitrogen and oxygen atoms in total. The summed E-state index contributed by atoms with van der Waals surface area (Å²) in [6.45, 7) is 0. The first-order valence-electron chi connectivity index (χ1n) is 4.24. The van der Waals surface area contributed by atoms with Crippen LogP contribution in [-0.2, 0) is 12.1 Å². The van der Waals surface area contributed by atoms with Crippen LogP contribution in [0.25, 0.3) is 0 Å². The minimum atomic E-state index is -4.83. The molecule has 90 valence electrons. The van der Waals surface area contributed by atoms with E-state index < -0.39 is 23.3 Å². The molecule has 1 aromatic carbocycles.